The van der Waals surface area contributed by atoms with E-state index in [0.29, 0.717) is 41.0 Å². The third-order valence-corrected chi connectivity index (χ3v) is 4.53. The fraction of sp³-hybridized carbons (Fsp3) is 0.286. The molecule has 0 aliphatic heterocycles. The number of hydrogen-bond donors (Lipinski definition) is 2. The SMILES string of the molecule is CCOc1cc(C=NNC(=O)CCC(=O)Nc2cccc(Cl)c2)cc(Br)c1OCC. The maximum absolute atomic E-state index is 11.9. The smallest absolute Gasteiger partial charge is 0.240 e. The summed E-state index contributed by atoms with van der Waals surface area (Å²) in [6, 6.07) is 10.4. The van der Waals surface area contributed by atoms with Crippen LogP contribution in [-0.2, 0) is 9.59 Å². The van der Waals surface area contributed by atoms with Gasteiger partial charge in [0.15, 0.2) is 11.5 Å². The van der Waals surface area contributed by atoms with Crippen molar-refractivity contribution in [3.05, 3.63) is 51.5 Å². The topological polar surface area (TPSA) is 89.0 Å². The van der Waals surface area contributed by atoms with E-state index in [-0.39, 0.29) is 24.7 Å². The first kappa shape index (κ1) is 23.7. The number of halogens is 2. The lowest BCUT2D eigenvalue weighted by Crippen LogP contribution is -2.20. The fourth-order valence-corrected chi connectivity index (χ4v) is 3.23. The number of carbonyl (C=O) groups excluding carboxylic acids is 2. The molecule has 0 radical (unpaired) electrons. The van der Waals surface area contributed by atoms with Crippen LogP contribution in [0.2, 0.25) is 5.02 Å². The minimum absolute atomic E-state index is 0.000900. The van der Waals surface area contributed by atoms with Crippen LogP contribution in [-0.4, -0.2) is 31.2 Å². The van der Waals surface area contributed by atoms with Crippen molar-refractivity contribution in [1.82, 2.24) is 5.43 Å². The summed E-state index contributed by atoms with van der Waals surface area (Å²) in [4.78, 5) is 23.9. The van der Waals surface area contributed by atoms with Crippen LogP contribution in [0.1, 0.15) is 32.3 Å². The number of ether oxygens (including phenoxy) is 2. The number of anilines is 1. The van der Waals surface area contributed by atoms with Crippen molar-refractivity contribution in [2.24, 2.45) is 5.10 Å². The number of amides is 2. The number of hydrazone groups is 1. The van der Waals surface area contributed by atoms with Gasteiger partial charge in [0.1, 0.15) is 0 Å². The third kappa shape index (κ3) is 7.68. The van der Waals surface area contributed by atoms with Gasteiger partial charge in [-0.3, -0.25) is 9.59 Å². The van der Waals surface area contributed by atoms with Gasteiger partial charge in [-0.15, -0.1) is 0 Å². The lowest BCUT2D eigenvalue weighted by atomic mass is 10.2. The van der Waals surface area contributed by atoms with Crippen LogP contribution >= 0.6 is 27.5 Å². The molecule has 2 N–H and O–H groups in total. The third-order valence-electron chi connectivity index (χ3n) is 3.71. The largest absolute Gasteiger partial charge is 0.490 e. The molecular weight excluding hydrogens is 474 g/mol. The molecule has 0 saturated carbocycles. The Morgan fingerprint density at radius 1 is 1.10 bits per heavy atom. The first-order valence-electron chi connectivity index (χ1n) is 9.39. The summed E-state index contributed by atoms with van der Waals surface area (Å²) in [7, 11) is 0. The van der Waals surface area contributed by atoms with Gasteiger partial charge in [-0.1, -0.05) is 17.7 Å². The molecule has 9 heteroatoms. The molecule has 0 fully saturated rings. The molecule has 2 aromatic carbocycles. The van der Waals surface area contributed by atoms with Crippen molar-refractivity contribution >= 4 is 51.2 Å². The zero-order chi connectivity index (χ0) is 21.9. The molecule has 2 aromatic rings. The van der Waals surface area contributed by atoms with E-state index in [1.54, 1.807) is 30.3 Å². The maximum atomic E-state index is 11.9. The van der Waals surface area contributed by atoms with Crippen LogP contribution < -0.4 is 20.2 Å². The quantitative estimate of drug-likeness (QED) is 0.366. The van der Waals surface area contributed by atoms with Crippen molar-refractivity contribution in [3.8, 4) is 11.5 Å². The minimum Gasteiger partial charge on any atom is -0.490 e. The number of carbonyl (C=O) groups is 2. The highest BCUT2D eigenvalue weighted by molar-refractivity contribution is 9.10. The molecular formula is C21H23BrClN3O4. The standard InChI is InChI=1S/C21H23BrClN3O4/c1-3-29-18-11-14(10-17(22)21(18)30-4-2)13-24-26-20(28)9-8-19(27)25-16-7-5-6-15(23)12-16/h5-7,10-13H,3-4,8-9H2,1-2H3,(H,25,27)(H,26,28). The van der Waals surface area contributed by atoms with E-state index in [0.717, 1.165) is 4.47 Å². The zero-order valence-corrected chi connectivity index (χ0v) is 19.0. The Morgan fingerprint density at radius 2 is 1.83 bits per heavy atom. The monoisotopic (exact) mass is 495 g/mol. The molecule has 0 spiro atoms. The van der Waals surface area contributed by atoms with Gasteiger partial charge in [0.25, 0.3) is 0 Å². The van der Waals surface area contributed by atoms with Crippen LogP contribution in [0, 0.1) is 0 Å². The number of nitrogens with zero attached hydrogens (tertiary/aromatic N) is 1. The molecule has 0 heterocycles. The van der Waals surface area contributed by atoms with E-state index in [1.807, 2.05) is 19.9 Å². The van der Waals surface area contributed by atoms with Crippen LogP contribution in [0.15, 0.2) is 46.0 Å². The van der Waals surface area contributed by atoms with Crippen LogP contribution in [0.5, 0.6) is 11.5 Å². The van der Waals surface area contributed by atoms with E-state index in [4.69, 9.17) is 21.1 Å². The summed E-state index contributed by atoms with van der Waals surface area (Å²) in [5, 5.41) is 7.15. The molecule has 0 aliphatic carbocycles. The molecule has 7 nitrogen and oxygen atoms in total. The summed E-state index contributed by atoms with van der Waals surface area (Å²) in [5.74, 6) is 0.543. The maximum Gasteiger partial charge on any atom is 0.240 e. The summed E-state index contributed by atoms with van der Waals surface area (Å²) >= 11 is 9.33. The molecule has 160 valence electrons. The summed E-state index contributed by atoms with van der Waals surface area (Å²) < 4.78 is 11.9. The molecule has 0 bridgehead atoms. The Bertz CT molecular complexity index is 921. The number of rotatable bonds is 10. The lowest BCUT2D eigenvalue weighted by Gasteiger charge is -2.13. The van der Waals surface area contributed by atoms with Crippen molar-refractivity contribution in [1.29, 1.82) is 0 Å². The fourth-order valence-electron chi connectivity index (χ4n) is 2.46. The van der Waals surface area contributed by atoms with Crippen molar-refractivity contribution in [3.63, 3.8) is 0 Å². The van der Waals surface area contributed by atoms with Gasteiger partial charge in [-0.2, -0.15) is 5.10 Å². The molecule has 2 rings (SSSR count). The van der Waals surface area contributed by atoms with Crippen molar-refractivity contribution < 1.29 is 19.1 Å². The number of hydrogen-bond acceptors (Lipinski definition) is 5. The first-order chi connectivity index (χ1) is 14.4. The van der Waals surface area contributed by atoms with Gasteiger partial charge in [-0.25, -0.2) is 5.43 Å². The molecule has 2 amide bonds. The van der Waals surface area contributed by atoms with E-state index in [1.165, 1.54) is 6.21 Å². The summed E-state index contributed by atoms with van der Waals surface area (Å²) in [6.07, 6.45) is 1.52. The summed E-state index contributed by atoms with van der Waals surface area (Å²) in [5.41, 5.74) is 3.71. The average molecular weight is 497 g/mol. The van der Waals surface area contributed by atoms with Crippen molar-refractivity contribution in [2.45, 2.75) is 26.7 Å². The molecule has 0 saturated heterocycles. The van der Waals surface area contributed by atoms with Crippen LogP contribution in [0.4, 0.5) is 5.69 Å². The number of nitrogens with one attached hydrogen (secondary N) is 2. The molecule has 0 aromatic heterocycles. The van der Waals surface area contributed by atoms with Gasteiger partial charge in [0.2, 0.25) is 11.8 Å². The zero-order valence-electron chi connectivity index (χ0n) is 16.7. The highest BCUT2D eigenvalue weighted by Crippen LogP contribution is 2.36. The Morgan fingerprint density at radius 3 is 2.53 bits per heavy atom. The molecule has 30 heavy (non-hydrogen) atoms. The highest BCUT2D eigenvalue weighted by atomic mass is 79.9. The molecule has 0 aliphatic rings. The second-order valence-electron chi connectivity index (χ2n) is 6.05. The van der Waals surface area contributed by atoms with Gasteiger partial charge < -0.3 is 14.8 Å². The highest BCUT2D eigenvalue weighted by Gasteiger charge is 2.11. The van der Waals surface area contributed by atoms with Crippen LogP contribution in [0.25, 0.3) is 0 Å². The van der Waals surface area contributed by atoms with E-state index < -0.39 is 0 Å². The lowest BCUT2D eigenvalue weighted by molar-refractivity contribution is -0.124. The van der Waals surface area contributed by atoms with Gasteiger partial charge in [-0.05, 0) is 65.7 Å². The summed E-state index contributed by atoms with van der Waals surface area (Å²) in [6.45, 7) is 4.77. The predicted molar refractivity (Wildman–Crippen MR) is 122 cm³/mol. The second-order valence-corrected chi connectivity index (χ2v) is 7.34. The molecule has 0 atom stereocenters. The Hall–Kier alpha value is -2.58. The van der Waals surface area contributed by atoms with E-state index in [2.05, 4.69) is 31.8 Å². The Kier molecular flexibility index (Phi) is 9.63. The average Bonchev–Trinajstić information content (AvgIpc) is 2.69. The Labute approximate surface area is 188 Å². The Balaban J connectivity index is 1.87. The van der Waals surface area contributed by atoms with Crippen molar-refractivity contribution in [2.75, 3.05) is 18.5 Å². The number of benzene rings is 2. The van der Waals surface area contributed by atoms with E-state index >= 15 is 0 Å². The second kappa shape index (κ2) is 12.2. The first-order valence-corrected chi connectivity index (χ1v) is 10.6. The van der Waals surface area contributed by atoms with Gasteiger partial charge in [0.05, 0.1) is 23.9 Å². The molecule has 0 unspecified atom stereocenters. The van der Waals surface area contributed by atoms with Crippen LogP contribution in [0.3, 0.4) is 0 Å². The van der Waals surface area contributed by atoms with E-state index in [9.17, 15) is 9.59 Å². The van der Waals surface area contributed by atoms with Gasteiger partial charge in [0, 0.05) is 23.6 Å². The normalized spacial score (nSPS) is 10.7. The predicted octanol–water partition coefficient (Wildman–Crippen LogP) is 4.77. The van der Waals surface area contributed by atoms with Gasteiger partial charge >= 0.3 is 0 Å². The minimum atomic E-state index is -0.373.